The molecule has 4 heteroatoms. The number of rotatable bonds is 9. The first-order chi connectivity index (χ1) is 11.3. The molecule has 0 spiro atoms. The number of hydrogen-bond acceptors (Lipinski definition) is 4. The van der Waals surface area contributed by atoms with E-state index >= 15 is 0 Å². The fourth-order valence-corrected chi connectivity index (χ4v) is 3.34. The zero-order valence-electron chi connectivity index (χ0n) is 14.0. The van der Waals surface area contributed by atoms with Crippen LogP contribution in [-0.4, -0.2) is 27.1 Å². The minimum atomic E-state index is 0.650. The van der Waals surface area contributed by atoms with Gasteiger partial charge in [-0.15, -0.1) is 0 Å². The van der Waals surface area contributed by atoms with Crippen LogP contribution in [0.3, 0.4) is 0 Å². The number of aryl methyl sites for hydroxylation is 1. The molecule has 2 rings (SSSR count). The first-order valence-electron chi connectivity index (χ1n) is 7.69. The van der Waals surface area contributed by atoms with Crippen molar-refractivity contribution in [3.05, 3.63) is 53.6 Å². The topological polar surface area (TPSA) is 27.7 Å². The molecule has 0 N–H and O–H groups in total. The van der Waals surface area contributed by atoms with Crippen LogP contribution in [0, 0.1) is 0 Å². The number of methoxy groups -OCH3 is 3. The summed E-state index contributed by atoms with van der Waals surface area (Å²) in [5.41, 5.74) is 2.59. The van der Waals surface area contributed by atoms with Crippen LogP contribution in [-0.2, 0) is 12.2 Å². The molecule has 124 valence electrons. The first-order valence-corrected chi connectivity index (χ1v) is 8.84. The predicted molar refractivity (Wildman–Crippen MR) is 97.0 cm³/mol. The van der Waals surface area contributed by atoms with E-state index in [1.807, 2.05) is 23.9 Å². The summed E-state index contributed by atoms with van der Waals surface area (Å²) in [6.07, 6.45) is 2.12. The molecule has 0 unspecified atom stereocenters. The summed E-state index contributed by atoms with van der Waals surface area (Å²) in [5.74, 6) is 4.29. The van der Waals surface area contributed by atoms with Crippen molar-refractivity contribution in [2.75, 3.05) is 27.1 Å². The monoisotopic (exact) mass is 332 g/mol. The molecule has 23 heavy (non-hydrogen) atoms. The van der Waals surface area contributed by atoms with Crippen molar-refractivity contribution in [2.24, 2.45) is 0 Å². The molecule has 2 aromatic carbocycles. The Morgan fingerprint density at radius 2 is 1.48 bits per heavy atom. The van der Waals surface area contributed by atoms with Gasteiger partial charge < -0.3 is 14.2 Å². The average Bonchev–Trinajstić information content (AvgIpc) is 2.61. The van der Waals surface area contributed by atoms with Crippen molar-refractivity contribution in [3.63, 3.8) is 0 Å². The summed E-state index contributed by atoms with van der Waals surface area (Å²) in [6.45, 7) is 0. The molecule has 0 heterocycles. The normalized spacial score (nSPS) is 10.4. The third-order valence-electron chi connectivity index (χ3n) is 3.59. The molecule has 0 fully saturated rings. The summed E-state index contributed by atoms with van der Waals surface area (Å²) < 4.78 is 16.1. The lowest BCUT2D eigenvalue weighted by atomic mass is 10.1. The van der Waals surface area contributed by atoms with Crippen molar-refractivity contribution < 1.29 is 14.2 Å². The maximum absolute atomic E-state index is 5.39. The van der Waals surface area contributed by atoms with E-state index in [1.54, 1.807) is 21.3 Å². The van der Waals surface area contributed by atoms with E-state index < -0.39 is 0 Å². The second kappa shape index (κ2) is 9.36. The molecular weight excluding hydrogens is 308 g/mol. The van der Waals surface area contributed by atoms with Gasteiger partial charge in [0.05, 0.1) is 21.3 Å². The molecule has 0 atom stereocenters. The van der Waals surface area contributed by atoms with Crippen LogP contribution in [0.2, 0.25) is 0 Å². The molecule has 0 radical (unpaired) electrons. The van der Waals surface area contributed by atoms with Crippen LogP contribution in [0.4, 0.5) is 0 Å². The predicted octanol–water partition coefficient (Wildman–Crippen LogP) is 4.58. The molecule has 0 bridgehead atoms. The molecule has 0 aliphatic rings. The summed E-state index contributed by atoms with van der Waals surface area (Å²) in [7, 11) is 4.92. The van der Waals surface area contributed by atoms with Crippen molar-refractivity contribution in [2.45, 2.75) is 18.6 Å². The Labute approximate surface area is 143 Å². The zero-order chi connectivity index (χ0) is 16.5. The fraction of sp³-hybridized carbons (Fsp3) is 0.368. The Morgan fingerprint density at radius 3 is 2.04 bits per heavy atom. The molecule has 3 nitrogen and oxygen atoms in total. The van der Waals surface area contributed by atoms with Crippen molar-refractivity contribution in [1.29, 1.82) is 0 Å². The minimum absolute atomic E-state index is 0.650. The third-order valence-corrected chi connectivity index (χ3v) is 4.71. The number of thioether (sulfide) groups is 1. The number of benzene rings is 2. The van der Waals surface area contributed by atoms with E-state index in [-0.39, 0.29) is 0 Å². The van der Waals surface area contributed by atoms with Gasteiger partial charge in [-0.1, -0.05) is 30.3 Å². The summed E-state index contributed by atoms with van der Waals surface area (Å²) in [6, 6.07) is 14.6. The molecule has 0 aromatic heterocycles. The lowest BCUT2D eigenvalue weighted by Crippen LogP contribution is -1.97. The Morgan fingerprint density at radius 1 is 0.826 bits per heavy atom. The van der Waals surface area contributed by atoms with Gasteiger partial charge in [-0.05, 0) is 41.9 Å². The maximum atomic E-state index is 5.39. The standard InChI is InChI=1S/C19H24O3S/c1-20-17-12-16(13-18(21-2)19(17)22-3)10-7-11-23-14-15-8-5-4-6-9-15/h4-6,8-9,12-13H,7,10-11,14H2,1-3H3. The van der Waals surface area contributed by atoms with Gasteiger partial charge in [-0.3, -0.25) is 0 Å². The van der Waals surface area contributed by atoms with Crippen LogP contribution in [0.1, 0.15) is 17.5 Å². The Kier molecular flexibility index (Phi) is 7.14. The maximum Gasteiger partial charge on any atom is 0.203 e. The van der Waals surface area contributed by atoms with E-state index in [2.05, 4.69) is 30.3 Å². The highest BCUT2D eigenvalue weighted by Gasteiger charge is 2.12. The summed E-state index contributed by atoms with van der Waals surface area (Å²) in [4.78, 5) is 0. The first kappa shape index (κ1) is 17.5. The van der Waals surface area contributed by atoms with Crippen LogP contribution in [0.25, 0.3) is 0 Å². The highest BCUT2D eigenvalue weighted by molar-refractivity contribution is 7.98. The lowest BCUT2D eigenvalue weighted by Gasteiger charge is -2.14. The van der Waals surface area contributed by atoms with Gasteiger partial charge in [0, 0.05) is 5.75 Å². The van der Waals surface area contributed by atoms with Gasteiger partial charge >= 0.3 is 0 Å². The third kappa shape index (κ3) is 5.10. The Balaban J connectivity index is 1.85. The second-order valence-electron chi connectivity index (χ2n) is 5.18. The van der Waals surface area contributed by atoms with Crippen molar-refractivity contribution >= 4 is 11.8 Å². The minimum Gasteiger partial charge on any atom is -0.493 e. The van der Waals surface area contributed by atoms with Crippen LogP contribution >= 0.6 is 11.8 Å². The highest BCUT2D eigenvalue weighted by atomic mass is 32.2. The summed E-state index contributed by atoms with van der Waals surface area (Å²) >= 11 is 1.97. The quantitative estimate of drug-likeness (QED) is 0.628. The van der Waals surface area contributed by atoms with E-state index in [4.69, 9.17) is 14.2 Å². The van der Waals surface area contributed by atoms with Gasteiger partial charge in [0.25, 0.3) is 0 Å². The van der Waals surface area contributed by atoms with E-state index in [0.717, 1.165) is 35.8 Å². The molecular formula is C19H24O3S. The smallest absolute Gasteiger partial charge is 0.203 e. The highest BCUT2D eigenvalue weighted by Crippen LogP contribution is 2.38. The lowest BCUT2D eigenvalue weighted by molar-refractivity contribution is 0.324. The van der Waals surface area contributed by atoms with E-state index in [1.165, 1.54) is 11.1 Å². The molecule has 2 aromatic rings. The molecule has 0 saturated carbocycles. The second-order valence-corrected chi connectivity index (χ2v) is 6.28. The summed E-state index contributed by atoms with van der Waals surface area (Å²) in [5, 5.41) is 0. The number of ether oxygens (including phenoxy) is 3. The van der Waals surface area contributed by atoms with Gasteiger partial charge in [-0.2, -0.15) is 11.8 Å². The van der Waals surface area contributed by atoms with Gasteiger partial charge in [0.15, 0.2) is 11.5 Å². The Bertz CT molecular complexity index is 574. The van der Waals surface area contributed by atoms with E-state index in [0.29, 0.717) is 5.75 Å². The van der Waals surface area contributed by atoms with Gasteiger partial charge in [0.2, 0.25) is 5.75 Å². The fourth-order valence-electron chi connectivity index (χ4n) is 2.42. The largest absolute Gasteiger partial charge is 0.493 e. The molecule has 0 saturated heterocycles. The SMILES string of the molecule is COc1cc(CCCSCc2ccccc2)cc(OC)c1OC. The van der Waals surface area contributed by atoms with Crippen LogP contribution in [0.5, 0.6) is 17.2 Å². The van der Waals surface area contributed by atoms with E-state index in [9.17, 15) is 0 Å². The van der Waals surface area contributed by atoms with Crippen LogP contribution < -0.4 is 14.2 Å². The van der Waals surface area contributed by atoms with Crippen molar-refractivity contribution in [3.8, 4) is 17.2 Å². The number of hydrogen-bond donors (Lipinski definition) is 0. The van der Waals surface area contributed by atoms with Crippen molar-refractivity contribution in [1.82, 2.24) is 0 Å². The van der Waals surface area contributed by atoms with Crippen LogP contribution in [0.15, 0.2) is 42.5 Å². The van der Waals surface area contributed by atoms with Gasteiger partial charge in [-0.25, -0.2) is 0 Å². The molecule has 0 aliphatic heterocycles. The molecule has 0 aliphatic carbocycles. The average molecular weight is 332 g/mol. The van der Waals surface area contributed by atoms with Gasteiger partial charge in [0.1, 0.15) is 0 Å². The zero-order valence-corrected chi connectivity index (χ0v) is 14.8. The molecule has 0 amide bonds. The Hall–Kier alpha value is -1.81.